The number of rotatable bonds is 9. The lowest BCUT2D eigenvalue weighted by atomic mass is 9.73. The molecule has 2 aliphatic rings. The highest BCUT2D eigenvalue weighted by molar-refractivity contribution is 6.31. The summed E-state index contributed by atoms with van der Waals surface area (Å²) in [4.78, 5) is 0. The molecule has 1 saturated heterocycles. The third-order valence-electron chi connectivity index (χ3n) is 8.12. The van der Waals surface area contributed by atoms with E-state index in [1.165, 1.54) is 39.2 Å². The minimum Gasteiger partial charge on any atom is -0.493 e. The molecule has 0 aromatic heterocycles. The summed E-state index contributed by atoms with van der Waals surface area (Å²) in [6.45, 7) is 2.61. The Kier molecular flexibility index (Phi) is 8.97. The molecule has 0 amide bonds. The van der Waals surface area contributed by atoms with Gasteiger partial charge >= 0.3 is 0 Å². The van der Waals surface area contributed by atoms with Crippen molar-refractivity contribution in [1.29, 1.82) is 0 Å². The van der Waals surface area contributed by atoms with Gasteiger partial charge in [-0.05, 0) is 61.1 Å². The smallest absolute Gasteiger partial charge is 0.197 e. The quantitative estimate of drug-likeness (QED) is 0.434. The van der Waals surface area contributed by atoms with Crippen LogP contribution in [-0.2, 0) is 21.7 Å². The lowest BCUT2D eigenvalue weighted by Crippen LogP contribution is -2.55. The van der Waals surface area contributed by atoms with Crippen LogP contribution >= 0.6 is 11.6 Å². The van der Waals surface area contributed by atoms with E-state index in [0.717, 1.165) is 29.9 Å². The number of hydrogen-bond donors (Lipinski definition) is 3. The van der Waals surface area contributed by atoms with Crippen molar-refractivity contribution in [1.82, 2.24) is 0 Å². The molecular formula is C29H39ClO6. The summed E-state index contributed by atoms with van der Waals surface area (Å²) in [5.74, 6) is -0.411. The Hall–Kier alpha value is -1.67. The Morgan fingerprint density at radius 3 is 2.42 bits per heavy atom. The summed E-state index contributed by atoms with van der Waals surface area (Å²) in [6, 6.07) is 13.6. The van der Waals surface area contributed by atoms with Gasteiger partial charge in [0.05, 0.1) is 19.3 Å². The van der Waals surface area contributed by atoms with Crippen LogP contribution in [0.25, 0.3) is 0 Å². The van der Waals surface area contributed by atoms with Crippen LogP contribution in [0.4, 0.5) is 0 Å². The van der Waals surface area contributed by atoms with E-state index in [1.54, 1.807) is 12.1 Å². The SMILES string of the molecule is CCC1(COc2ccc(Cc3cc(C4(OC)CC(O)C(O)C(CO)O4)ccc3Cl)cc2)CCCCC1. The normalized spacial score (nSPS) is 28.1. The molecule has 1 heterocycles. The number of aliphatic hydroxyl groups excluding tert-OH is 3. The topological polar surface area (TPSA) is 88.4 Å². The minimum absolute atomic E-state index is 0.0352. The van der Waals surface area contributed by atoms with Crippen LogP contribution in [0, 0.1) is 5.41 Å². The van der Waals surface area contributed by atoms with Gasteiger partial charge in [-0.15, -0.1) is 0 Å². The molecular weight excluding hydrogens is 480 g/mol. The zero-order valence-corrected chi connectivity index (χ0v) is 22.0. The highest BCUT2D eigenvalue weighted by Gasteiger charge is 2.47. The van der Waals surface area contributed by atoms with Crippen molar-refractivity contribution >= 4 is 11.6 Å². The fraction of sp³-hybridized carbons (Fsp3) is 0.586. The molecule has 4 atom stereocenters. The number of hydrogen-bond acceptors (Lipinski definition) is 6. The summed E-state index contributed by atoms with van der Waals surface area (Å²) in [6.07, 6.45) is 4.98. The van der Waals surface area contributed by atoms with Gasteiger partial charge in [0.1, 0.15) is 18.0 Å². The Labute approximate surface area is 219 Å². The highest BCUT2D eigenvalue weighted by Crippen LogP contribution is 2.41. The molecule has 36 heavy (non-hydrogen) atoms. The molecule has 7 heteroatoms. The molecule has 3 N–H and O–H groups in total. The zero-order valence-electron chi connectivity index (χ0n) is 21.3. The lowest BCUT2D eigenvalue weighted by molar-refractivity contribution is -0.323. The first-order chi connectivity index (χ1) is 17.3. The van der Waals surface area contributed by atoms with Crippen molar-refractivity contribution in [3.8, 4) is 5.75 Å². The molecule has 0 spiro atoms. The summed E-state index contributed by atoms with van der Waals surface area (Å²) in [5.41, 5.74) is 2.95. The van der Waals surface area contributed by atoms with E-state index in [-0.39, 0.29) is 6.42 Å². The summed E-state index contributed by atoms with van der Waals surface area (Å²) < 4.78 is 17.9. The van der Waals surface area contributed by atoms with Gasteiger partial charge in [0, 0.05) is 29.5 Å². The average Bonchev–Trinajstić information content (AvgIpc) is 2.91. The molecule has 2 aromatic carbocycles. The van der Waals surface area contributed by atoms with Gasteiger partial charge in [0.15, 0.2) is 5.79 Å². The highest BCUT2D eigenvalue weighted by atomic mass is 35.5. The van der Waals surface area contributed by atoms with Gasteiger partial charge in [-0.25, -0.2) is 0 Å². The van der Waals surface area contributed by atoms with E-state index >= 15 is 0 Å². The number of halogens is 1. The van der Waals surface area contributed by atoms with Gasteiger partial charge in [-0.2, -0.15) is 0 Å². The number of benzene rings is 2. The first-order valence-corrected chi connectivity index (χ1v) is 13.4. The van der Waals surface area contributed by atoms with Crippen LogP contribution in [0.15, 0.2) is 42.5 Å². The van der Waals surface area contributed by atoms with Crippen molar-refractivity contribution in [3.05, 3.63) is 64.2 Å². The average molecular weight is 519 g/mol. The van der Waals surface area contributed by atoms with Crippen LogP contribution in [0.5, 0.6) is 5.75 Å². The molecule has 4 unspecified atom stereocenters. The van der Waals surface area contributed by atoms with Gasteiger partial charge < -0.3 is 29.5 Å². The van der Waals surface area contributed by atoms with E-state index in [1.807, 2.05) is 18.2 Å². The van der Waals surface area contributed by atoms with E-state index in [9.17, 15) is 15.3 Å². The molecule has 2 aromatic rings. The summed E-state index contributed by atoms with van der Waals surface area (Å²) in [7, 11) is 1.49. The molecule has 1 aliphatic carbocycles. The number of ether oxygens (including phenoxy) is 3. The first-order valence-electron chi connectivity index (χ1n) is 13.0. The molecule has 1 aliphatic heterocycles. The Bertz CT molecular complexity index is 990. The summed E-state index contributed by atoms with van der Waals surface area (Å²) >= 11 is 6.54. The van der Waals surface area contributed by atoms with Crippen molar-refractivity contribution < 1.29 is 29.5 Å². The summed E-state index contributed by atoms with van der Waals surface area (Å²) in [5, 5.41) is 30.8. The zero-order chi connectivity index (χ0) is 25.8. The molecule has 2 fully saturated rings. The maximum absolute atomic E-state index is 10.4. The van der Waals surface area contributed by atoms with Gasteiger partial charge in [-0.3, -0.25) is 0 Å². The second-order valence-corrected chi connectivity index (χ2v) is 10.8. The van der Waals surface area contributed by atoms with Crippen LogP contribution in [0.1, 0.15) is 68.6 Å². The molecule has 4 rings (SSSR count). The standard InChI is InChI=1S/C29H39ClO6/c1-3-28(13-5-4-6-14-28)19-35-23-10-7-20(8-11-23)15-21-16-22(9-12-24(21)30)29(34-2)17-25(32)27(33)26(18-31)36-29/h7-12,16,25-27,31-33H,3-6,13-15,17-19H2,1-2H3. The van der Waals surface area contributed by atoms with Crippen LogP contribution in [0.3, 0.4) is 0 Å². The van der Waals surface area contributed by atoms with Crippen molar-refractivity contribution in [3.63, 3.8) is 0 Å². The molecule has 1 saturated carbocycles. The maximum atomic E-state index is 10.4. The minimum atomic E-state index is -1.29. The molecule has 198 valence electrons. The van der Waals surface area contributed by atoms with Crippen LogP contribution in [-0.4, -0.2) is 54.0 Å². The Morgan fingerprint density at radius 2 is 1.78 bits per heavy atom. The van der Waals surface area contributed by atoms with Crippen molar-refractivity contribution in [2.45, 2.75) is 82.4 Å². The third kappa shape index (κ3) is 5.90. The fourth-order valence-electron chi connectivity index (χ4n) is 5.60. The van der Waals surface area contributed by atoms with Crippen molar-refractivity contribution in [2.75, 3.05) is 20.3 Å². The van der Waals surface area contributed by atoms with E-state index in [0.29, 0.717) is 22.4 Å². The van der Waals surface area contributed by atoms with Gasteiger partial charge in [0.25, 0.3) is 0 Å². The Balaban J connectivity index is 1.47. The second-order valence-electron chi connectivity index (χ2n) is 10.4. The van der Waals surface area contributed by atoms with Gasteiger partial charge in [0.2, 0.25) is 0 Å². The van der Waals surface area contributed by atoms with E-state index < -0.39 is 30.7 Å². The second kappa shape index (κ2) is 11.8. The number of aliphatic hydroxyl groups is 3. The largest absolute Gasteiger partial charge is 0.493 e. The predicted molar refractivity (Wildman–Crippen MR) is 139 cm³/mol. The van der Waals surface area contributed by atoms with Crippen molar-refractivity contribution in [2.24, 2.45) is 5.41 Å². The van der Waals surface area contributed by atoms with Crippen LogP contribution in [0.2, 0.25) is 5.02 Å². The maximum Gasteiger partial charge on any atom is 0.197 e. The lowest BCUT2D eigenvalue weighted by Gasteiger charge is -2.44. The monoisotopic (exact) mass is 518 g/mol. The molecule has 0 radical (unpaired) electrons. The first kappa shape index (κ1) is 27.4. The van der Waals surface area contributed by atoms with E-state index in [2.05, 4.69) is 19.1 Å². The third-order valence-corrected chi connectivity index (χ3v) is 8.49. The van der Waals surface area contributed by atoms with E-state index in [4.69, 9.17) is 25.8 Å². The fourth-order valence-corrected chi connectivity index (χ4v) is 5.78. The molecule has 6 nitrogen and oxygen atoms in total. The molecule has 0 bridgehead atoms. The van der Waals surface area contributed by atoms with Gasteiger partial charge in [-0.1, -0.05) is 56.0 Å². The van der Waals surface area contributed by atoms with Crippen LogP contribution < -0.4 is 4.74 Å². The number of methoxy groups -OCH3 is 1. The predicted octanol–water partition coefficient (Wildman–Crippen LogP) is 4.97. The Morgan fingerprint density at radius 1 is 1.06 bits per heavy atom.